The number of benzene rings is 2. The number of carbonyl (C=O) groups is 2. The Bertz CT molecular complexity index is 1180. The van der Waals surface area contributed by atoms with Gasteiger partial charge in [0.2, 0.25) is 10.0 Å². The number of hydrogen-bond acceptors (Lipinski definition) is 5. The number of rotatable bonds is 8. The fraction of sp³-hybridized carbons (Fsp3) is 0.400. The second-order valence-electron chi connectivity index (χ2n) is 8.76. The van der Waals surface area contributed by atoms with E-state index in [0.29, 0.717) is 29.5 Å². The molecule has 8 nitrogen and oxygen atoms in total. The highest BCUT2D eigenvalue weighted by molar-refractivity contribution is 7.89. The summed E-state index contributed by atoms with van der Waals surface area (Å²) in [4.78, 5) is 24.3. The fourth-order valence-corrected chi connectivity index (χ4v) is 6.68. The van der Waals surface area contributed by atoms with Crippen LogP contribution in [0.2, 0.25) is 0 Å². The van der Waals surface area contributed by atoms with Crippen molar-refractivity contribution in [3.05, 3.63) is 64.2 Å². The quantitative estimate of drug-likeness (QED) is 0.436. The summed E-state index contributed by atoms with van der Waals surface area (Å²) in [5.41, 5.74) is 5.03. The third-order valence-electron chi connectivity index (χ3n) is 6.04. The lowest BCUT2D eigenvalue weighted by molar-refractivity contribution is -0.121. The summed E-state index contributed by atoms with van der Waals surface area (Å²) in [6.45, 7) is 5.10. The number of carboxylic acids is 1. The van der Waals surface area contributed by atoms with E-state index in [2.05, 4.69) is 10.5 Å². The minimum Gasteiger partial charge on any atom is -0.478 e. The van der Waals surface area contributed by atoms with Crippen LogP contribution in [0.4, 0.5) is 0 Å². The fourth-order valence-electron chi connectivity index (χ4n) is 4.63. The number of nitrogens with one attached hydrogen (secondary N) is 1. The van der Waals surface area contributed by atoms with Crippen LogP contribution in [0, 0.1) is 20.8 Å². The van der Waals surface area contributed by atoms with Crippen LogP contribution in [0.5, 0.6) is 0 Å². The predicted octanol–water partition coefficient (Wildman–Crippen LogP) is 3.78. The molecule has 182 valence electrons. The van der Waals surface area contributed by atoms with Gasteiger partial charge in [0.1, 0.15) is 0 Å². The maximum atomic E-state index is 13.8. The smallest absolute Gasteiger partial charge is 0.336 e. The van der Waals surface area contributed by atoms with Gasteiger partial charge in [-0.25, -0.2) is 18.6 Å². The lowest BCUT2D eigenvalue weighted by atomic mass is 9.95. The number of nitrogens with zero attached hydrogens (tertiary/aromatic N) is 2. The van der Waals surface area contributed by atoms with Crippen molar-refractivity contribution < 1.29 is 23.1 Å². The van der Waals surface area contributed by atoms with Crippen molar-refractivity contribution in [3.63, 3.8) is 0 Å². The van der Waals surface area contributed by atoms with Gasteiger partial charge in [0.05, 0.1) is 23.2 Å². The molecule has 9 heteroatoms. The molecule has 2 N–H and O–H groups in total. The Hall–Kier alpha value is -3.04. The highest BCUT2D eigenvalue weighted by atomic mass is 32.2. The molecule has 0 bridgehead atoms. The minimum absolute atomic E-state index is 0.0530. The van der Waals surface area contributed by atoms with Gasteiger partial charge in [0.15, 0.2) is 0 Å². The summed E-state index contributed by atoms with van der Waals surface area (Å²) in [6.07, 6.45) is 5.52. The molecule has 2 aromatic carbocycles. The maximum Gasteiger partial charge on any atom is 0.336 e. The van der Waals surface area contributed by atoms with Crippen LogP contribution >= 0.6 is 0 Å². The van der Waals surface area contributed by atoms with E-state index in [1.807, 2.05) is 19.1 Å². The Balaban J connectivity index is 1.85. The largest absolute Gasteiger partial charge is 0.478 e. The Morgan fingerprint density at radius 1 is 1.09 bits per heavy atom. The highest BCUT2D eigenvalue weighted by Crippen LogP contribution is 2.31. The van der Waals surface area contributed by atoms with Crippen LogP contribution in [0.3, 0.4) is 0 Å². The molecule has 0 aromatic heterocycles. The number of sulfonamides is 1. The van der Waals surface area contributed by atoms with Crippen LogP contribution in [0.1, 0.15) is 64.7 Å². The first-order chi connectivity index (χ1) is 16.1. The molecule has 0 unspecified atom stereocenters. The molecule has 0 saturated heterocycles. The number of amides is 1. The van der Waals surface area contributed by atoms with Crippen LogP contribution < -0.4 is 5.43 Å². The van der Waals surface area contributed by atoms with Crippen molar-refractivity contribution in [2.45, 2.75) is 63.8 Å². The first-order valence-corrected chi connectivity index (χ1v) is 12.8. The number of carbonyl (C=O) groups excluding carboxylic acids is 1. The zero-order valence-corrected chi connectivity index (χ0v) is 20.6. The normalized spacial score (nSPS) is 15.1. The molecule has 1 amide bonds. The highest BCUT2D eigenvalue weighted by Gasteiger charge is 2.35. The summed E-state index contributed by atoms with van der Waals surface area (Å²) >= 11 is 0. The number of aryl methyl sites for hydroxylation is 3. The monoisotopic (exact) mass is 485 g/mol. The van der Waals surface area contributed by atoms with Gasteiger partial charge in [0.25, 0.3) is 5.91 Å². The van der Waals surface area contributed by atoms with Gasteiger partial charge in [0, 0.05) is 11.6 Å². The zero-order chi connectivity index (χ0) is 24.9. The summed E-state index contributed by atoms with van der Waals surface area (Å²) in [7, 11) is -3.93. The van der Waals surface area contributed by atoms with E-state index in [0.717, 1.165) is 24.8 Å². The minimum atomic E-state index is -3.93. The van der Waals surface area contributed by atoms with Crippen molar-refractivity contribution in [2.24, 2.45) is 5.10 Å². The lowest BCUT2D eigenvalue weighted by Gasteiger charge is -2.33. The first-order valence-electron chi connectivity index (χ1n) is 11.3. The summed E-state index contributed by atoms with van der Waals surface area (Å²) in [6, 6.07) is 9.68. The number of hydrogen-bond donors (Lipinski definition) is 2. The van der Waals surface area contributed by atoms with E-state index in [4.69, 9.17) is 0 Å². The Morgan fingerprint density at radius 2 is 1.71 bits per heavy atom. The lowest BCUT2D eigenvalue weighted by Crippen LogP contribution is -2.46. The van der Waals surface area contributed by atoms with E-state index in [1.54, 1.807) is 32.0 Å². The van der Waals surface area contributed by atoms with Crippen molar-refractivity contribution in [1.29, 1.82) is 0 Å². The molecule has 0 heterocycles. The van der Waals surface area contributed by atoms with E-state index < -0.39 is 21.9 Å². The van der Waals surface area contributed by atoms with Gasteiger partial charge in [-0.15, -0.1) is 0 Å². The SMILES string of the molecule is Cc1cc(C)c(S(=O)(=O)N(CC(=O)N/N=C/c2ccccc2C(=O)O)C2CCCCC2)c(C)c1. The van der Waals surface area contributed by atoms with Crippen molar-refractivity contribution in [2.75, 3.05) is 6.54 Å². The zero-order valence-electron chi connectivity index (χ0n) is 19.7. The molecule has 2 aromatic rings. The second-order valence-corrected chi connectivity index (χ2v) is 10.6. The average Bonchev–Trinajstić information content (AvgIpc) is 2.77. The Kier molecular flexibility index (Phi) is 8.22. The van der Waals surface area contributed by atoms with Gasteiger partial charge < -0.3 is 5.11 Å². The third kappa shape index (κ3) is 5.90. The van der Waals surface area contributed by atoms with Crippen LogP contribution in [0.25, 0.3) is 0 Å². The average molecular weight is 486 g/mol. The van der Waals surface area contributed by atoms with Crippen LogP contribution in [-0.4, -0.2) is 48.5 Å². The molecule has 34 heavy (non-hydrogen) atoms. The number of carboxylic acid groups (broad SMARTS) is 1. The van der Waals surface area contributed by atoms with Gasteiger partial charge in [-0.05, 0) is 50.8 Å². The molecule has 0 radical (unpaired) electrons. The molecule has 1 fully saturated rings. The Morgan fingerprint density at radius 3 is 2.32 bits per heavy atom. The molecule has 1 aliphatic rings. The van der Waals surface area contributed by atoms with Crippen molar-refractivity contribution >= 4 is 28.1 Å². The van der Waals surface area contributed by atoms with Crippen LogP contribution in [0.15, 0.2) is 46.4 Å². The van der Waals surface area contributed by atoms with Gasteiger partial charge in [-0.3, -0.25) is 4.79 Å². The Labute approximate surface area is 200 Å². The second kappa shape index (κ2) is 10.9. The molecule has 0 spiro atoms. The third-order valence-corrected chi connectivity index (χ3v) is 8.24. The summed E-state index contributed by atoms with van der Waals surface area (Å²) < 4.78 is 28.9. The first kappa shape index (κ1) is 25.6. The molecular weight excluding hydrogens is 454 g/mol. The molecule has 1 aliphatic carbocycles. The van der Waals surface area contributed by atoms with Gasteiger partial charge in [-0.2, -0.15) is 9.41 Å². The predicted molar refractivity (Wildman–Crippen MR) is 131 cm³/mol. The number of aromatic carboxylic acids is 1. The topological polar surface area (TPSA) is 116 Å². The number of hydrazone groups is 1. The molecule has 1 saturated carbocycles. The molecule has 0 atom stereocenters. The molecular formula is C25H31N3O5S. The van der Waals surface area contributed by atoms with Crippen molar-refractivity contribution in [3.8, 4) is 0 Å². The summed E-state index contributed by atoms with van der Waals surface area (Å²) in [5, 5.41) is 13.1. The van der Waals surface area contributed by atoms with E-state index in [9.17, 15) is 23.1 Å². The summed E-state index contributed by atoms with van der Waals surface area (Å²) in [5.74, 6) is -1.69. The molecule has 0 aliphatic heterocycles. The van der Waals surface area contributed by atoms with E-state index >= 15 is 0 Å². The maximum absolute atomic E-state index is 13.8. The molecule has 3 rings (SSSR count). The van der Waals surface area contributed by atoms with Gasteiger partial charge in [-0.1, -0.05) is 55.2 Å². The van der Waals surface area contributed by atoms with E-state index in [1.165, 1.54) is 16.6 Å². The van der Waals surface area contributed by atoms with Gasteiger partial charge >= 0.3 is 5.97 Å². The van der Waals surface area contributed by atoms with E-state index in [-0.39, 0.29) is 23.0 Å². The standard InChI is InChI=1S/C25H31N3O5S/c1-17-13-18(2)24(19(3)14-17)34(32,33)28(21-10-5-4-6-11-21)16-23(29)27-26-15-20-9-7-8-12-22(20)25(30)31/h7-9,12-15,21H,4-6,10-11,16H2,1-3H3,(H,27,29)(H,30,31)/b26-15+. The van der Waals surface area contributed by atoms with Crippen LogP contribution in [-0.2, 0) is 14.8 Å². The van der Waals surface area contributed by atoms with Crippen molar-refractivity contribution in [1.82, 2.24) is 9.73 Å².